The largest absolute Gasteiger partial charge is 0.394 e. The van der Waals surface area contributed by atoms with Crippen molar-refractivity contribution in [3.63, 3.8) is 0 Å². The molecule has 1 atom stereocenters. The van der Waals surface area contributed by atoms with Crippen molar-refractivity contribution in [2.24, 2.45) is 5.73 Å². The Balaban J connectivity index is 1.94. The number of fused-ring (bicyclic) bond motifs is 1. The van der Waals surface area contributed by atoms with Crippen LogP contribution in [0, 0.1) is 0 Å². The van der Waals surface area contributed by atoms with Crippen LogP contribution in [0.2, 0.25) is 0 Å². The Morgan fingerprint density at radius 1 is 1.08 bits per heavy atom. The second-order valence-corrected chi connectivity index (χ2v) is 7.67. The molecule has 0 aromatic heterocycles. The van der Waals surface area contributed by atoms with Crippen molar-refractivity contribution in [2.45, 2.75) is 76.2 Å². The number of aliphatic hydroxyl groups excluding tert-OH is 2. The van der Waals surface area contributed by atoms with E-state index in [9.17, 15) is 10.2 Å². The molecular formula is C22H35NO2. The van der Waals surface area contributed by atoms with Gasteiger partial charge in [0.15, 0.2) is 0 Å². The summed E-state index contributed by atoms with van der Waals surface area (Å²) in [6.45, 7) is 1.86. The summed E-state index contributed by atoms with van der Waals surface area (Å²) in [6.07, 6.45) is 15.0. The third-order valence-corrected chi connectivity index (χ3v) is 5.39. The zero-order chi connectivity index (χ0) is 18.1. The molecule has 3 nitrogen and oxygen atoms in total. The number of rotatable bonds is 11. The molecule has 0 aliphatic heterocycles. The minimum absolute atomic E-state index is 0.177. The molecule has 0 fully saturated rings. The van der Waals surface area contributed by atoms with Crippen molar-refractivity contribution in [3.8, 4) is 0 Å². The highest BCUT2D eigenvalue weighted by Gasteiger charge is 2.29. The van der Waals surface area contributed by atoms with Crippen molar-refractivity contribution >= 4 is 0 Å². The quantitative estimate of drug-likeness (QED) is 0.421. The van der Waals surface area contributed by atoms with Crippen LogP contribution in [0.1, 0.15) is 74.5 Å². The first kappa shape index (κ1) is 20.2. The average molecular weight is 346 g/mol. The second-order valence-electron chi connectivity index (χ2n) is 7.67. The number of benzene rings is 1. The lowest BCUT2D eigenvalue weighted by atomic mass is 9.79. The maximum atomic E-state index is 9.47. The van der Waals surface area contributed by atoms with Crippen LogP contribution in [-0.2, 0) is 12.8 Å². The molecule has 1 aromatic rings. The summed E-state index contributed by atoms with van der Waals surface area (Å²) >= 11 is 0. The SMILES string of the molecule is CCCCCCCCc1ccc2c(c1)CC=C[C@H]2CC(N)(CO)CO. The molecule has 0 saturated heterocycles. The van der Waals surface area contributed by atoms with Gasteiger partial charge < -0.3 is 15.9 Å². The summed E-state index contributed by atoms with van der Waals surface area (Å²) in [5, 5.41) is 18.9. The van der Waals surface area contributed by atoms with Crippen LogP contribution in [0.4, 0.5) is 0 Å². The first-order chi connectivity index (χ1) is 12.1. The summed E-state index contributed by atoms with van der Waals surface area (Å²) in [4.78, 5) is 0. The Kier molecular flexibility index (Phi) is 8.14. The van der Waals surface area contributed by atoms with Gasteiger partial charge in [-0.3, -0.25) is 0 Å². The van der Waals surface area contributed by atoms with Crippen molar-refractivity contribution in [2.75, 3.05) is 13.2 Å². The van der Waals surface area contributed by atoms with Gasteiger partial charge in [-0.25, -0.2) is 0 Å². The maximum Gasteiger partial charge on any atom is 0.0634 e. The fraction of sp³-hybridized carbons (Fsp3) is 0.636. The van der Waals surface area contributed by atoms with Gasteiger partial charge in [-0.05, 0) is 42.4 Å². The van der Waals surface area contributed by atoms with E-state index in [1.165, 1.54) is 55.2 Å². The topological polar surface area (TPSA) is 66.5 Å². The van der Waals surface area contributed by atoms with E-state index in [0.717, 1.165) is 12.8 Å². The lowest BCUT2D eigenvalue weighted by molar-refractivity contribution is 0.111. The third-order valence-electron chi connectivity index (χ3n) is 5.39. The van der Waals surface area contributed by atoms with E-state index < -0.39 is 5.54 Å². The Bertz CT molecular complexity index is 549. The number of hydrogen-bond donors (Lipinski definition) is 3. The Labute approximate surface area is 153 Å². The maximum absolute atomic E-state index is 9.47. The number of nitrogens with two attached hydrogens (primary N) is 1. The number of aryl methyl sites for hydroxylation is 1. The van der Waals surface area contributed by atoms with E-state index in [4.69, 9.17) is 5.73 Å². The first-order valence-corrected chi connectivity index (χ1v) is 9.91. The molecule has 1 aromatic carbocycles. The number of unbranched alkanes of at least 4 members (excludes halogenated alkanes) is 5. The molecule has 2 rings (SSSR count). The van der Waals surface area contributed by atoms with E-state index in [0.29, 0.717) is 6.42 Å². The molecule has 140 valence electrons. The van der Waals surface area contributed by atoms with E-state index in [2.05, 4.69) is 37.3 Å². The summed E-state index contributed by atoms with van der Waals surface area (Å²) in [5.41, 5.74) is 9.27. The summed E-state index contributed by atoms with van der Waals surface area (Å²) in [6, 6.07) is 6.81. The van der Waals surface area contributed by atoms with E-state index in [1.54, 1.807) is 0 Å². The normalized spacial score (nSPS) is 16.9. The molecule has 3 heteroatoms. The van der Waals surface area contributed by atoms with Gasteiger partial charge in [0.05, 0.1) is 18.8 Å². The van der Waals surface area contributed by atoms with E-state index >= 15 is 0 Å². The average Bonchev–Trinajstić information content (AvgIpc) is 2.64. The molecule has 1 aliphatic carbocycles. The predicted molar refractivity (Wildman–Crippen MR) is 105 cm³/mol. The molecular weight excluding hydrogens is 310 g/mol. The zero-order valence-electron chi connectivity index (χ0n) is 15.7. The van der Waals surface area contributed by atoms with Crippen LogP contribution < -0.4 is 5.73 Å². The number of hydrogen-bond acceptors (Lipinski definition) is 3. The highest BCUT2D eigenvalue weighted by Crippen LogP contribution is 2.33. The van der Waals surface area contributed by atoms with Crippen LogP contribution >= 0.6 is 0 Å². The Morgan fingerprint density at radius 2 is 1.80 bits per heavy atom. The lowest BCUT2D eigenvalue weighted by Crippen LogP contribution is -2.48. The van der Waals surface area contributed by atoms with E-state index in [1.807, 2.05) is 0 Å². The van der Waals surface area contributed by atoms with Gasteiger partial charge in [0.2, 0.25) is 0 Å². The molecule has 0 radical (unpaired) electrons. The Morgan fingerprint density at radius 3 is 2.52 bits per heavy atom. The first-order valence-electron chi connectivity index (χ1n) is 9.91. The van der Waals surface area contributed by atoms with Gasteiger partial charge >= 0.3 is 0 Å². The predicted octanol–water partition coefficient (Wildman–Crippen LogP) is 3.86. The smallest absolute Gasteiger partial charge is 0.0634 e. The molecule has 0 unspecified atom stereocenters. The Hall–Kier alpha value is -1.16. The third kappa shape index (κ3) is 5.95. The molecule has 0 bridgehead atoms. The van der Waals surface area contributed by atoms with Gasteiger partial charge in [0.25, 0.3) is 0 Å². The highest BCUT2D eigenvalue weighted by molar-refractivity contribution is 5.41. The fourth-order valence-corrected chi connectivity index (χ4v) is 3.72. The minimum Gasteiger partial charge on any atom is -0.394 e. The monoisotopic (exact) mass is 345 g/mol. The van der Waals surface area contributed by atoms with Crippen LogP contribution in [0.5, 0.6) is 0 Å². The summed E-state index contributed by atoms with van der Waals surface area (Å²) in [5.74, 6) is 0.177. The van der Waals surface area contributed by atoms with Crippen LogP contribution in [0.15, 0.2) is 30.4 Å². The van der Waals surface area contributed by atoms with Crippen molar-refractivity contribution in [1.82, 2.24) is 0 Å². The standard InChI is InChI=1S/C22H35NO2/c1-2-3-4-5-6-7-9-18-12-13-21-19(14-18)10-8-11-20(21)15-22(23,16-24)17-25/h8,11-14,20,24-25H,2-7,9-10,15-17,23H2,1H3/t20-/m0/s1. The zero-order valence-corrected chi connectivity index (χ0v) is 15.7. The molecule has 0 spiro atoms. The fourth-order valence-electron chi connectivity index (χ4n) is 3.72. The van der Waals surface area contributed by atoms with Gasteiger partial charge in [-0.2, -0.15) is 0 Å². The molecule has 4 N–H and O–H groups in total. The second kappa shape index (κ2) is 10.1. The van der Waals surface area contributed by atoms with Gasteiger partial charge in [0.1, 0.15) is 0 Å². The van der Waals surface area contributed by atoms with Crippen LogP contribution in [0.25, 0.3) is 0 Å². The van der Waals surface area contributed by atoms with Crippen LogP contribution in [-0.4, -0.2) is 29.0 Å². The molecule has 0 heterocycles. The van der Waals surface area contributed by atoms with E-state index in [-0.39, 0.29) is 19.1 Å². The minimum atomic E-state index is -0.916. The van der Waals surface area contributed by atoms with Crippen LogP contribution in [0.3, 0.4) is 0 Å². The van der Waals surface area contributed by atoms with Crippen molar-refractivity contribution in [1.29, 1.82) is 0 Å². The van der Waals surface area contributed by atoms with Crippen molar-refractivity contribution in [3.05, 3.63) is 47.0 Å². The van der Waals surface area contributed by atoms with Crippen molar-refractivity contribution < 1.29 is 10.2 Å². The lowest BCUT2D eigenvalue weighted by Gasteiger charge is -2.31. The molecule has 0 saturated carbocycles. The van der Waals surface area contributed by atoms with Gasteiger partial charge in [0, 0.05) is 5.92 Å². The number of allylic oxidation sites excluding steroid dienone is 2. The molecule has 25 heavy (non-hydrogen) atoms. The number of aliphatic hydroxyl groups is 2. The highest BCUT2D eigenvalue weighted by atomic mass is 16.3. The summed E-state index contributed by atoms with van der Waals surface area (Å²) < 4.78 is 0. The molecule has 0 amide bonds. The van der Waals surface area contributed by atoms with Gasteiger partial charge in [-0.1, -0.05) is 69.4 Å². The summed E-state index contributed by atoms with van der Waals surface area (Å²) in [7, 11) is 0. The molecule has 1 aliphatic rings. The van der Waals surface area contributed by atoms with Gasteiger partial charge in [-0.15, -0.1) is 0 Å².